The third-order valence-corrected chi connectivity index (χ3v) is 4.04. The number of nitrogens with zero attached hydrogens (tertiary/aromatic N) is 1. The first-order valence-electron chi connectivity index (χ1n) is 7.19. The first-order valence-corrected chi connectivity index (χ1v) is 8.18. The van der Waals surface area contributed by atoms with Gasteiger partial charge in [0.1, 0.15) is 17.1 Å². The Bertz CT molecular complexity index is 703. The maximum atomic E-state index is 10.6. The van der Waals surface area contributed by atoms with Gasteiger partial charge in [0, 0.05) is 11.3 Å². The van der Waals surface area contributed by atoms with Crippen LogP contribution >= 0.6 is 11.8 Å². The number of carbonyl (C=O) groups is 1. The maximum absolute atomic E-state index is 10.6. The minimum Gasteiger partial charge on any atom is -0.497 e. The number of thioether (sulfide) groups is 1. The van der Waals surface area contributed by atoms with E-state index in [2.05, 4.69) is 11.6 Å². The largest absolute Gasteiger partial charge is 0.497 e. The molecule has 0 aliphatic rings. The second kappa shape index (κ2) is 8.34. The van der Waals surface area contributed by atoms with Crippen LogP contribution in [0.4, 0.5) is 0 Å². The van der Waals surface area contributed by atoms with Gasteiger partial charge in [-0.3, -0.25) is 0 Å². The summed E-state index contributed by atoms with van der Waals surface area (Å²) in [6.07, 6.45) is 0.879. The quantitative estimate of drug-likeness (QED) is 0.443. The Morgan fingerprint density at radius 3 is 2.17 bits per heavy atom. The summed E-state index contributed by atoms with van der Waals surface area (Å²) < 4.78 is 5.17. The van der Waals surface area contributed by atoms with Crippen molar-refractivity contribution in [2.45, 2.75) is 6.92 Å². The molecular weight excluding hydrogens is 306 g/mol. The molecule has 0 amide bonds. The van der Waals surface area contributed by atoms with Crippen molar-refractivity contribution >= 4 is 23.1 Å². The van der Waals surface area contributed by atoms with Gasteiger partial charge in [0.2, 0.25) is 0 Å². The van der Waals surface area contributed by atoms with E-state index in [0.29, 0.717) is 5.75 Å². The van der Waals surface area contributed by atoms with Crippen molar-refractivity contribution in [3.05, 3.63) is 66.4 Å². The van der Waals surface area contributed by atoms with E-state index in [1.165, 1.54) is 11.8 Å². The molecule has 0 spiro atoms. The summed E-state index contributed by atoms with van der Waals surface area (Å²) in [7, 11) is 1.66. The first kappa shape index (κ1) is 17.0. The standard InChI is InChI=1S/C19H19NO2S/c1-14(2)20-19(23-13-12-21)17-6-4-15(5-7-17)16-8-10-18(22-3)11-9-16/h4-12H,1,13H2,2-3H3. The highest BCUT2D eigenvalue weighted by atomic mass is 32.2. The molecule has 0 N–H and O–H groups in total. The minimum absolute atomic E-state index is 0.381. The molecule has 0 heterocycles. The highest BCUT2D eigenvalue weighted by Gasteiger charge is 2.06. The van der Waals surface area contributed by atoms with Crippen LogP contribution in [0.3, 0.4) is 0 Å². The van der Waals surface area contributed by atoms with Crippen LogP contribution in [0.1, 0.15) is 12.5 Å². The molecule has 2 aromatic rings. The minimum atomic E-state index is 0.381. The number of benzene rings is 2. The molecule has 0 bridgehead atoms. The Morgan fingerprint density at radius 2 is 1.70 bits per heavy atom. The lowest BCUT2D eigenvalue weighted by molar-refractivity contribution is -0.105. The number of ether oxygens (including phenoxy) is 1. The Hall–Kier alpha value is -2.33. The summed E-state index contributed by atoms with van der Waals surface area (Å²) in [4.78, 5) is 15.0. The second-order valence-corrected chi connectivity index (χ2v) is 5.94. The van der Waals surface area contributed by atoms with Gasteiger partial charge in [0.15, 0.2) is 0 Å². The monoisotopic (exact) mass is 325 g/mol. The maximum Gasteiger partial charge on any atom is 0.130 e. The predicted molar refractivity (Wildman–Crippen MR) is 98.3 cm³/mol. The van der Waals surface area contributed by atoms with Crippen LogP contribution < -0.4 is 4.74 Å². The lowest BCUT2D eigenvalue weighted by Crippen LogP contribution is -1.98. The summed E-state index contributed by atoms with van der Waals surface area (Å²) in [5.74, 6) is 1.22. The number of aldehydes is 1. The zero-order valence-corrected chi connectivity index (χ0v) is 14.1. The van der Waals surface area contributed by atoms with Crippen molar-refractivity contribution in [1.82, 2.24) is 0 Å². The molecule has 2 aromatic carbocycles. The van der Waals surface area contributed by atoms with Crippen LogP contribution in [-0.2, 0) is 4.79 Å². The molecule has 0 aliphatic heterocycles. The number of allylic oxidation sites excluding steroid dienone is 1. The van der Waals surface area contributed by atoms with E-state index in [9.17, 15) is 4.79 Å². The van der Waals surface area contributed by atoms with Crippen LogP contribution in [-0.4, -0.2) is 24.2 Å². The van der Waals surface area contributed by atoms with Gasteiger partial charge >= 0.3 is 0 Å². The number of rotatable bonds is 6. The van der Waals surface area contributed by atoms with E-state index >= 15 is 0 Å². The number of aliphatic imine (C=N–C) groups is 1. The number of hydrogen-bond donors (Lipinski definition) is 0. The molecule has 0 saturated heterocycles. The van der Waals surface area contributed by atoms with E-state index < -0.39 is 0 Å². The number of hydrogen-bond acceptors (Lipinski definition) is 4. The molecular formula is C19H19NO2S. The van der Waals surface area contributed by atoms with Gasteiger partial charge in [0.25, 0.3) is 0 Å². The van der Waals surface area contributed by atoms with Crippen molar-refractivity contribution < 1.29 is 9.53 Å². The van der Waals surface area contributed by atoms with Crippen LogP contribution in [0.15, 0.2) is 65.8 Å². The van der Waals surface area contributed by atoms with Gasteiger partial charge in [-0.25, -0.2) is 4.99 Å². The van der Waals surface area contributed by atoms with Gasteiger partial charge < -0.3 is 9.53 Å². The van der Waals surface area contributed by atoms with Gasteiger partial charge in [-0.15, -0.1) is 0 Å². The van der Waals surface area contributed by atoms with E-state index in [-0.39, 0.29) is 0 Å². The molecule has 4 heteroatoms. The van der Waals surface area contributed by atoms with Crippen molar-refractivity contribution in [2.24, 2.45) is 4.99 Å². The molecule has 0 aromatic heterocycles. The lowest BCUT2D eigenvalue weighted by Gasteiger charge is -2.07. The zero-order valence-electron chi connectivity index (χ0n) is 13.3. The zero-order chi connectivity index (χ0) is 16.7. The summed E-state index contributed by atoms with van der Waals surface area (Å²) in [6, 6.07) is 16.1. The fraction of sp³-hybridized carbons (Fsp3) is 0.158. The van der Waals surface area contributed by atoms with E-state index in [0.717, 1.165) is 39.5 Å². The summed E-state index contributed by atoms with van der Waals surface area (Å²) >= 11 is 1.41. The molecule has 3 nitrogen and oxygen atoms in total. The van der Waals surface area contributed by atoms with Crippen LogP contribution in [0.5, 0.6) is 5.75 Å². The number of carbonyl (C=O) groups excluding carboxylic acids is 1. The van der Waals surface area contributed by atoms with Crippen molar-refractivity contribution in [3.63, 3.8) is 0 Å². The molecule has 0 unspecified atom stereocenters. The Balaban J connectivity index is 2.25. The average Bonchev–Trinajstić information content (AvgIpc) is 2.58. The predicted octanol–water partition coefficient (Wildman–Crippen LogP) is 4.57. The summed E-state index contributed by atoms with van der Waals surface area (Å²) in [5.41, 5.74) is 3.94. The first-order chi connectivity index (χ1) is 11.1. The third kappa shape index (κ3) is 4.83. The second-order valence-electron chi connectivity index (χ2n) is 4.94. The Morgan fingerprint density at radius 1 is 1.13 bits per heavy atom. The molecule has 0 aliphatic carbocycles. The normalized spacial score (nSPS) is 11.1. The highest BCUT2D eigenvalue weighted by molar-refractivity contribution is 8.14. The highest BCUT2D eigenvalue weighted by Crippen LogP contribution is 2.24. The molecule has 23 heavy (non-hydrogen) atoms. The fourth-order valence-corrected chi connectivity index (χ4v) is 2.80. The van der Waals surface area contributed by atoms with Gasteiger partial charge in [-0.2, -0.15) is 0 Å². The van der Waals surface area contributed by atoms with Gasteiger partial charge in [-0.1, -0.05) is 54.7 Å². The lowest BCUT2D eigenvalue weighted by atomic mass is 10.0. The smallest absolute Gasteiger partial charge is 0.130 e. The van der Waals surface area contributed by atoms with Gasteiger partial charge in [-0.05, 0) is 30.2 Å². The molecule has 2 rings (SSSR count). The molecule has 118 valence electrons. The van der Waals surface area contributed by atoms with E-state index in [1.807, 2.05) is 55.5 Å². The van der Waals surface area contributed by atoms with Crippen molar-refractivity contribution in [2.75, 3.05) is 12.9 Å². The Labute approximate surface area is 141 Å². The topological polar surface area (TPSA) is 38.7 Å². The molecule has 0 atom stereocenters. The van der Waals surface area contributed by atoms with Crippen LogP contribution in [0, 0.1) is 0 Å². The molecule has 0 radical (unpaired) electrons. The summed E-state index contributed by atoms with van der Waals surface area (Å²) in [6.45, 7) is 5.65. The van der Waals surface area contributed by atoms with E-state index in [4.69, 9.17) is 4.74 Å². The third-order valence-electron chi connectivity index (χ3n) is 3.14. The molecule has 0 saturated carbocycles. The SMILES string of the molecule is C=C(C)N=C(SCC=O)c1ccc(-c2ccc(OC)cc2)cc1. The fourth-order valence-electron chi connectivity index (χ4n) is 2.06. The number of methoxy groups -OCH3 is 1. The van der Waals surface area contributed by atoms with Crippen molar-refractivity contribution in [1.29, 1.82) is 0 Å². The van der Waals surface area contributed by atoms with Crippen LogP contribution in [0.2, 0.25) is 0 Å². The van der Waals surface area contributed by atoms with Gasteiger partial charge in [0.05, 0.1) is 12.9 Å². The summed E-state index contributed by atoms with van der Waals surface area (Å²) in [5, 5.41) is 0.811. The average molecular weight is 325 g/mol. The van der Waals surface area contributed by atoms with E-state index in [1.54, 1.807) is 7.11 Å². The Kier molecular flexibility index (Phi) is 6.18. The molecule has 0 fully saturated rings. The van der Waals surface area contributed by atoms with Crippen molar-refractivity contribution in [3.8, 4) is 16.9 Å². The van der Waals surface area contributed by atoms with Crippen LogP contribution in [0.25, 0.3) is 11.1 Å².